The van der Waals surface area contributed by atoms with Gasteiger partial charge in [-0.05, 0) is 42.0 Å². The van der Waals surface area contributed by atoms with Gasteiger partial charge in [0.2, 0.25) is 5.91 Å². The molecule has 0 atom stereocenters. The first-order valence-electron chi connectivity index (χ1n) is 8.62. The van der Waals surface area contributed by atoms with Gasteiger partial charge in [0.05, 0.1) is 11.3 Å². The molecule has 1 N–H and O–H groups in total. The Hall–Kier alpha value is -2.12. The molecule has 0 aliphatic carbocycles. The third-order valence-corrected chi connectivity index (χ3v) is 5.80. The Balaban J connectivity index is 1.75. The lowest BCUT2D eigenvalue weighted by Gasteiger charge is -2.11. The minimum atomic E-state index is -0.106. The van der Waals surface area contributed by atoms with Crippen LogP contribution in [0.4, 0.5) is 5.69 Å². The number of nitrogens with zero attached hydrogens (tertiary/aromatic N) is 2. The number of amides is 1. The highest BCUT2D eigenvalue weighted by molar-refractivity contribution is 7.99. The van der Waals surface area contributed by atoms with E-state index in [1.54, 1.807) is 4.57 Å². The topological polar surface area (TPSA) is 64.0 Å². The van der Waals surface area contributed by atoms with Crippen molar-refractivity contribution in [1.82, 2.24) is 9.55 Å². The molecule has 0 aliphatic heterocycles. The standard InChI is InChI=1S/C19H21N3O2S2/c1-3-9-22-18(24)17-15(8-10-25-17)21-19(22)26-12-16(23)20-14-7-5-6-13(4-2)11-14/h5-8,10-11H,3-4,9,12H2,1-2H3,(H,20,23). The first-order valence-corrected chi connectivity index (χ1v) is 10.5. The van der Waals surface area contributed by atoms with Gasteiger partial charge in [0.25, 0.3) is 5.56 Å². The molecule has 1 amide bonds. The number of anilines is 1. The van der Waals surface area contributed by atoms with Gasteiger partial charge in [0.1, 0.15) is 4.70 Å². The number of aromatic nitrogens is 2. The molecule has 2 aromatic heterocycles. The Labute approximate surface area is 160 Å². The predicted molar refractivity (Wildman–Crippen MR) is 109 cm³/mol. The van der Waals surface area contributed by atoms with Crippen LogP contribution in [0.15, 0.2) is 45.7 Å². The summed E-state index contributed by atoms with van der Waals surface area (Å²) in [4.78, 5) is 29.5. The number of hydrogen-bond acceptors (Lipinski definition) is 5. The van der Waals surface area contributed by atoms with Gasteiger partial charge in [0.15, 0.2) is 5.16 Å². The summed E-state index contributed by atoms with van der Waals surface area (Å²) < 4.78 is 2.35. The average molecular weight is 388 g/mol. The van der Waals surface area contributed by atoms with Gasteiger partial charge in [0, 0.05) is 12.2 Å². The number of aryl methyl sites for hydroxylation is 1. The highest BCUT2D eigenvalue weighted by Gasteiger charge is 2.14. The molecule has 5 nitrogen and oxygen atoms in total. The van der Waals surface area contributed by atoms with Crippen molar-refractivity contribution in [2.24, 2.45) is 0 Å². The highest BCUT2D eigenvalue weighted by Crippen LogP contribution is 2.21. The van der Waals surface area contributed by atoms with Crippen LogP contribution in [0.2, 0.25) is 0 Å². The summed E-state index contributed by atoms with van der Waals surface area (Å²) >= 11 is 2.71. The van der Waals surface area contributed by atoms with E-state index < -0.39 is 0 Å². The molecule has 0 aliphatic rings. The summed E-state index contributed by atoms with van der Waals surface area (Å²) in [5, 5.41) is 5.38. The van der Waals surface area contributed by atoms with E-state index in [4.69, 9.17) is 0 Å². The van der Waals surface area contributed by atoms with Crippen LogP contribution in [0.25, 0.3) is 10.2 Å². The van der Waals surface area contributed by atoms with Crippen molar-refractivity contribution >= 4 is 44.9 Å². The van der Waals surface area contributed by atoms with Crippen LogP contribution in [0.3, 0.4) is 0 Å². The summed E-state index contributed by atoms with van der Waals surface area (Å²) in [5.41, 5.74) is 2.65. The second-order valence-electron chi connectivity index (χ2n) is 5.88. The number of nitrogens with one attached hydrogen (secondary N) is 1. The van der Waals surface area contributed by atoms with Crippen molar-refractivity contribution in [3.8, 4) is 0 Å². The van der Waals surface area contributed by atoms with Gasteiger partial charge in [-0.2, -0.15) is 0 Å². The van der Waals surface area contributed by atoms with Crippen LogP contribution in [-0.2, 0) is 17.8 Å². The molecule has 0 spiro atoms. The normalized spacial score (nSPS) is 11.0. The SMILES string of the molecule is CCCn1c(SCC(=O)Nc2cccc(CC)c2)nc2ccsc2c1=O. The highest BCUT2D eigenvalue weighted by atomic mass is 32.2. The minimum Gasteiger partial charge on any atom is -0.325 e. The molecule has 0 unspecified atom stereocenters. The second-order valence-corrected chi connectivity index (χ2v) is 7.74. The number of carbonyl (C=O) groups excluding carboxylic acids is 1. The average Bonchev–Trinajstić information content (AvgIpc) is 3.11. The van der Waals surface area contributed by atoms with Crippen LogP contribution in [0.5, 0.6) is 0 Å². The maximum atomic E-state index is 12.6. The van der Waals surface area contributed by atoms with Crippen LogP contribution in [0.1, 0.15) is 25.8 Å². The molecule has 2 heterocycles. The van der Waals surface area contributed by atoms with E-state index in [9.17, 15) is 9.59 Å². The molecule has 1 aromatic carbocycles. The number of thiophene rings is 1. The van der Waals surface area contributed by atoms with Crippen molar-refractivity contribution in [3.63, 3.8) is 0 Å². The fourth-order valence-electron chi connectivity index (χ4n) is 2.65. The zero-order valence-electron chi connectivity index (χ0n) is 14.8. The molecule has 3 aromatic rings. The Bertz CT molecular complexity index is 978. The van der Waals surface area contributed by atoms with Gasteiger partial charge < -0.3 is 5.32 Å². The number of rotatable bonds is 7. The monoisotopic (exact) mass is 387 g/mol. The lowest BCUT2D eigenvalue weighted by Crippen LogP contribution is -2.23. The molecule has 26 heavy (non-hydrogen) atoms. The molecule has 0 saturated heterocycles. The number of thioether (sulfide) groups is 1. The van der Waals surface area contributed by atoms with Crippen LogP contribution >= 0.6 is 23.1 Å². The van der Waals surface area contributed by atoms with Crippen molar-refractivity contribution in [1.29, 1.82) is 0 Å². The summed E-state index contributed by atoms with van der Waals surface area (Å²) in [7, 11) is 0. The van der Waals surface area contributed by atoms with Crippen LogP contribution in [-0.4, -0.2) is 21.2 Å². The molecule has 0 radical (unpaired) electrons. The summed E-state index contributed by atoms with van der Waals surface area (Å²) in [6, 6.07) is 9.67. The van der Waals surface area contributed by atoms with Gasteiger partial charge in [-0.1, -0.05) is 37.7 Å². The van der Waals surface area contributed by atoms with Gasteiger partial charge in [-0.15, -0.1) is 11.3 Å². The Morgan fingerprint density at radius 3 is 2.92 bits per heavy atom. The van der Waals surface area contributed by atoms with E-state index in [0.29, 0.717) is 21.9 Å². The van der Waals surface area contributed by atoms with E-state index in [1.165, 1.54) is 28.7 Å². The maximum Gasteiger partial charge on any atom is 0.272 e. The molecule has 0 fully saturated rings. The maximum absolute atomic E-state index is 12.6. The van der Waals surface area contributed by atoms with E-state index >= 15 is 0 Å². The quantitative estimate of drug-likeness (QED) is 0.488. The lowest BCUT2D eigenvalue weighted by atomic mass is 10.1. The van der Waals surface area contributed by atoms with E-state index in [-0.39, 0.29) is 17.2 Å². The van der Waals surface area contributed by atoms with Crippen molar-refractivity contribution in [3.05, 3.63) is 51.6 Å². The number of benzene rings is 1. The zero-order chi connectivity index (χ0) is 18.5. The predicted octanol–water partition coefficient (Wildman–Crippen LogP) is 4.16. The van der Waals surface area contributed by atoms with Crippen LogP contribution in [0, 0.1) is 0 Å². The Morgan fingerprint density at radius 1 is 1.31 bits per heavy atom. The summed E-state index contributed by atoms with van der Waals surface area (Å²) in [6.07, 6.45) is 1.76. The van der Waals surface area contributed by atoms with E-state index in [1.807, 2.05) is 42.6 Å². The third-order valence-electron chi connectivity index (χ3n) is 3.93. The molecular formula is C19H21N3O2S2. The number of fused-ring (bicyclic) bond motifs is 1. The largest absolute Gasteiger partial charge is 0.325 e. The molecule has 0 saturated carbocycles. The van der Waals surface area contributed by atoms with E-state index in [2.05, 4.69) is 17.2 Å². The molecular weight excluding hydrogens is 366 g/mol. The molecule has 136 valence electrons. The smallest absolute Gasteiger partial charge is 0.272 e. The minimum absolute atomic E-state index is 0.0228. The van der Waals surface area contributed by atoms with Gasteiger partial charge >= 0.3 is 0 Å². The Kier molecular flexibility index (Phi) is 6.11. The summed E-state index contributed by atoms with van der Waals surface area (Å²) in [6.45, 7) is 4.70. The molecule has 3 rings (SSSR count). The van der Waals surface area contributed by atoms with Crippen molar-refractivity contribution in [2.45, 2.75) is 38.4 Å². The number of hydrogen-bond donors (Lipinski definition) is 1. The third kappa shape index (κ3) is 4.16. The lowest BCUT2D eigenvalue weighted by molar-refractivity contribution is -0.113. The van der Waals surface area contributed by atoms with Gasteiger partial charge in [-0.25, -0.2) is 4.98 Å². The first-order chi connectivity index (χ1) is 12.6. The van der Waals surface area contributed by atoms with Crippen molar-refractivity contribution in [2.75, 3.05) is 11.1 Å². The fourth-order valence-corrected chi connectivity index (χ4v) is 4.25. The second kappa shape index (κ2) is 8.51. The summed E-state index contributed by atoms with van der Waals surface area (Å²) in [5.74, 6) is 0.105. The zero-order valence-corrected chi connectivity index (χ0v) is 16.5. The molecule has 0 bridgehead atoms. The first kappa shape index (κ1) is 18.7. The van der Waals surface area contributed by atoms with E-state index in [0.717, 1.165) is 18.5 Å². The molecule has 7 heteroatoms. The van der Waals surface area contributed by atoms with Crippen LogP contribution < -0.4 is 10.9 Å². The van der Waals surface area contributed by atoms with Crippen molar-refractivity contribution < 1.29 is 4.79 Å². The fraction of sp³-hybridized carbons (Fsp3) is 0.316. The Morgan fingerprint density at radius 2 is 2.15 bits per heavy atom. The van der Waals surface area contributed by atoms with Gasteiger partial charge in [-0.3, -0.25) is 14.2 Å². The number of carbonyl (C=O) groups is 1.